The van der Waals surface area contributed by atoms with E-state index in [9.17, 15) is 17.6 Å². The monoisotopic (exact) mass is 435 g/mol. The summed E-state index contributed by atoms with van der Waals surface area (Å²) >= 11 is 0. The molecule has 1 N–H and O–H groups in total. The third-order valence-corrected chi connectivity index (χ3v) is 7.05. The lowest BCUT2D eigenvalue weighted by molar-refractivity contribution is 0.0948. The van der Waals surface area contributed by atoms with E-state index in [2.05, 4.69) is 10.2 Å². The summed E-state index contributed by atoms with van der Waals surface area (Å²) in [5.74, 6) is -0.168. The predicted octanol–water partition coefficient (Wildman–Crippen LogP) is 2.34. The van der Waals surface area contributed by atoms with E-state index in [1.807, 2.05) is 0 Å². The van der Waals surface area contributed by atoms with Crippen molar-refractivity contribution in [1.82, 2.24) is 9.62 Å². The van der Waals surface area contributed by atoms with Crippen LogP contribution in [0.2, 0.25) is 0 Å². The Morgan fingerprint density at radius 2 is 1.93 bits per heavy atom. The third kappa shape index (κ3) is 4.73. The molecule has 0 bridgehead atoms. The Morgan fingerprint density at radius 1 is 1.23 bits per heavy atom. The molecular weight excluding hydrogens is 409 g/mol. The Hall–Kier alpha value is -2.65. The summed E-state index contributed by atoms with van der Waals surface area (Å²) in [7, 11) is 0.484. The van der Waals surface area contributed by atoms with Crippen molar-refractivity contribution >= 4 is 21.6 Å². The molecule has 1 aliphatic heterocycles. The van der Waals surface area contributed by atoms with Gasteiger partial charge in [-0.25, -0.2) is 17.1 Å². The number of benzene rings is 2. The quantitative estimate of drug-likeness (QED) is 0.722. The highest BCUT2D eigenvalue weighted by Gasteiger charge is 2.26. The summed E-state index contributed by atoms with van der Waals surface area (Å²) < 4.78 is 44.4. The minimum absolute atomic E-state index is 0.0500. The molecule has 1 atom stereocenters. The van der Waals surface area contributed by atoms with Crippen molar-refractivity contribution < 1.29 is 22.3 Å². The van der Waals surface area contributed by atoms with Crippen LogP contribution in [0.5, 0.6) is 5.75 Å². The average Bonchev–Trinajstić information content (AvgIpc) is 3.21. The minimum atomic E-state index is -3.75. The lowest BCUT2D eigenvalue weighted by Crippen LogP contribution is -2.31. The fourth-order valence-electron chi connectivity index (χ4n) is 3.44. The second kappa shape index (κ2) is 9.01. The Balaban J connectivity index is 1.65. The van der Waals surface area contributed by atoms with Crippen LogP contribution in [-0.2, 0) is 10.0 Å². The molecule has 9 heteroatoms. The number of nitrogens with one attached hydrogen (secondary N) is 1. The number of sulfonamides is 1. The van der Waals surface area contributed by atoms with Crippen molar-refractivity contribution in [2.45, 2.75) is 11.3 Å². The van der Waals surface area contributed by atoms with Crippen molar-refractivity contribution in [3.63, 3.8) is 0 Å². The van der Waals surface area contributed by atoms with Gasteiger partial charge in [-0.15, -0.1) is 0 Å². The van der Waals surface area contributed by atoms with Crippen LogP contribution < -0.4 is 15.0 Å². The first-order chi connectivity index (χ1) is 14.2. The van der Waals surface area contributed by atoms with Gasteiger partial charge in [-0.2, -0.15) is 0 Å². The van der Waals surface area contributed by atoms with E-state index in [-0.39, 0.29) is 33.9 Å². The van der Waals surface area contributed by atoms with Crippen molar-refractivity contribution in [2.24, 2.45) is 5.92 Å². The van der Waals surface area contributed by atoms with Gasteiger partial charge < -0.3 is 15.0 Å². The molecule has 0 radical (unpaired) electrons. The first kappa shape index (κ1) is 22.0. The minimum Gasteiger partial charge on any atom is -0.495 e. The van der Waals surface area contributed by atoms with Gasteiger partial charge in [0.1, 0.15) is 16.5 Å². The zero-order valence-corrected chi connectivity index (χ0v) is 18.1. The molecule has 1 unspecified atom stereocenters. The lowest BCUT2D eigenvalue weighted by Gasteiger charge is -2.19. The smallest absolute Gasteiger partial charge is 0.251 e. The van der Waals surface area contributed by atoms with Crippen LogP contribution in [0.1, 0.15) is 16.8 Å². The molecule has 1 saturated heterocycles. The van der Waals surface area contributed by atoms with Gasteiger partial charge in [0.15, 0.2) is 0 Å². The van der Waals surface area contributed by atoms with Crippen LogP contribution in [0, 0.1) is 11.7 Å². The van der Waals surface area contributed by atoms with Crippen molar-refractivity contribution in [2.75, 3.05) is 45.7 Å². The number of hydrogen-bond donors (Lipinski definition) is 1. The molecule has 0 aliphatic carbocycles. The Morgan fingerprint density at radius 3 is 2.57 bits per heavy atom. The third-order valence-electron chi connectivity index (χ3n) is 5.21. The molecule has 1 amide bonds. The maximum atomic E-state index is 13.1. The highest BCUT2D eigenvalue weighted by atomic mass is 32.2. The number of amides is 1. The predicted molar refractivity (Wildman–Crippen MR) is 113 cm³/mol. The van der Waals surface area contributed by atoms with Gasteiger partial charge in [0.2, 0.25) is 10.0 Å². The largest absolute Gasteiger partial charge is 0.495 e. The maximum Gasteiger partial charge on any atom is 0.251 e. The molecular formula is C21H26FN3O4S. The molecule has 1 aliphatic rings. The standard InChI is InChI=1S/C21H26FN3O4S/c1-24(2)30(27,28)20-12-16(4-9-19(20)29-3)21(26)23-13-15-10-11-25(14-15)18-7-5-17(22)6-8-18/h4-9,12,15H,10-11,13-14H2,1-3H3,(H,23,26). The summed E-state index contributed by atoms with van der Waals surface area (Å²) in [6.07, 6.45) is 0.903. The average molecular weight is 436 g/mol. The summed E-state index contributed by atoms with van der Waals surface area (Å²) in [4.78, 5) is 14.7. The van der Waals surface area contributed by atoms with Gasteiger partial charge in [-0.05, 0) is 54.8 Å². The SMILES string of the molecule is COc1ccc(C(=O)NCC2CCN(c3ccc(F)cc3)C2)cc1S(=O)(=O)N(C)C. The molecule has 1 fully saturated rings. The maximum absolute atomic E-state index is 13.1. The summed E-state index contributed by atoms with van der Waals surface area (Å²) in [6, 6.07) is 10.7. The van der Waals surface area contributed by atoms with Crippen molar-refractivity contribution in [1.29, 1.82) is 0 Å². The van der Waals surface area contributed by atoms with Crippen molar-refractivity contribution in [3.05, 3.63) is 53.8 Å². The van der Waals surface area contributed by atoms with E-state index in [4.69, 9.17) is 4.74 Å². The highest BCUT2D eigenvalue weighted by molar-refractivity contribution is 7.89. The highest BCUT2D eigenvalue weighted by Crippen LogP contribution is 2.27. The van der Waals surface area contributed by atoms with Crippen molar-refractivity contribution in [3.8, 4) is 5.75 Å². The molecule has 162 valence electrons. The van der Waals surface area contributed by atoms with Gasteiger partial charge in [-0.3, -0.25) is 4.79 Å². The second-order valence-corrected chi connectivity index (χ2v) is 9.56. The van der Waals surface area contributed by atoms with Gasteiger partial charge in [0.05, 0.1) is 7.11 Å². The van der Waals surface area contributed by atoms with Crippen LogP contribution in [0.4, 0.5) is 10.1 Å². The normalized spacial score (nSPS) is 16.7. The van der Waals surface area contributed by atoms with E-state index >= 15 is 0 Å². The number of nitrogens with zero attached hydrogens (tertiary/aromatic N) is 2. The first-order valence-electron chi connectivity index (χ1n) is 9.61. The number of rotatable bonds is 7. The molecule has 2 aromatic rings. The number of halogens is 1. The second-order valence-electron chi connectivity index (χ2n) is 7.44. The topological polar surface area (TPSA) is 79.0 Å². The molecule has 0 saturated carbocycles. The van der Waals surface area contributed by atoms with Crippen LogP contribution in [0.15, 0.2) is 47.4 Å². The number of hydrogen-bond acceptors (Lipinski definition) is 5. The van der Waals surface area contributed by atoms with E-state index in [1.54, 1.807) is 18.2 Å². The van der Waals surface area contributed by atoms with Crippen LogP contribution in [0.3, 0.4) is 0 Å². The number of methoxy groups -OCH3 is 1. The van der Waals surface area contributed by atoms with E-state index in [0.717, 1.165) is 29.5 Å². The molecule has 1 heterocycles. The number of ether oxygens (including phenoxy) is 1. The Bertz CT molecular complexity index is 1010. The van der Waals surface area contributed by atoms with Gasteiger partial charge in [0.25, 0.3) is 5.91 Å². The van der Waals surface area contributed by atoms with Gasteiger partial charge in [-0.1, -0.05) is 0 Å². The summed E-state index contributed by atoms with van der Waals surface area (Å²) in [6.45, 7) is 2.06. The molecule has 30 heavy (non-hydrogen) atoms. The van der Waals surface area contributed by atoms with Gasteiger partial charge >= 0.3 is 0 Å². The molecule has 0 spiro atoms. The lowest BCUT2D eigenvalue weighted by atomic mass is 10.1. The molecule has 3 rings (SSSR count). The summed E-state index contributed by atoms with van der Waals surface area (Å²) in [5, 5.41) is 2.89. The number of carbonyl (C=O) groups excluding carboxylic acids is 1. The van der Waals surface area contributed by atoms with Crippen LogP contribution in [0.25, 0.3) is 0 Å². The Kier molecular flexibility index (Phi) is 6.62. The molecule has 7 nitrogen and oxygen atoms in total. The zero-order valence-electron chi connectivity index (χ0n) is 17.3. The fraction of sp³-hybridized carbons (Fsp3) is 0.381. The zero-order chi connectivity index (χ0) is 21.9. The summed E-state index contributed by atoms with van der Waals surface area (Å²) in [5.41, 5.74) is 1.21. The van der Waals surface area contributed by atoms with Crippen LogP contribution in [-0.4, -0.2) is 59.5 Å². The number of carbonyl (C=O) groups is 1. The van der Waals surface area contributed by atoms with Crippen LogP contribution >= 0.6 is 0 Å². The molecule has 0 aromatic heterocycles. The van der Waals surface area contributed by atoms with E-state index in [1.165, 1.54) is 45.5 Å². The molecule has 2 aromatic carbocycles. The fourth-order valence-corrected chi connectivity index (χ4v) is 4.52. The Labute approximate surface area is 176 Å². The van der Waals surface area contributed by atoms with E-state index < -0.39 is 10.0 Å². The van der Waals surface area contributed by atoms with Gasteiger partial charge in [0, 0.05) is 45.0 Å². The van der Waals surface area contributed by atoms with E-state index in [0.29, 0.717) is 6.54 Å². The first-order valence-corrected chi connectivity index (χ1v) is 11.1. The number of anilines is 1.